The first-order valence-corrected chi connectivity index (χ1v) is 6.82. The Morgan fingerprint density at radius 3 is 2.79 bits per heavy atom. The van der Waals surface area contributed by atoms with Crippen LogP contribution >= 0.6 is 0 Å². The predicted molar refractivity (Wildman–Crippen MR) is 64.9 cm³/mol. The van der Waals surface area contributed by atoms with E-state index >= 15 is 0 Å². The molecule has 2 rings (SSSR count). The first-order chi connectivity index (χ1) is 8.82. The first-order valence-electron chi connectivity index (χ1n) is 6.82. The molecule has 0 aromatic carbocycles. The van der Waals surface area contributed by atoms with Gasteiger partial charge in [0, 0.05) is 30.5 Å². The third-order valence-electron chi connectivity index (χ3n) is 4.21. The van der Waals surface area contributed by atoms with Crippen LogP contribution in [0.2, 0.25) is 0 Å². The van der Waals surface area contributed by atoms with E-state index in [9.17, 15) is 13.2 Å². The van der Waals surface area contributed by atoms with Crippen molar-refractivity contribution in [3.63, 3.8) is 0 Å². The van der Waals surface area contributed by atoms with Crippen LogP contribution in [0.4, 0.5) is 13.2 Å². The van der Waals surface area contributed by atoms with E-state index in [4.69, 9.17) is 4.74 Å². The summed E-state index contributed by atoms with van der Waals surface area (Å²) in [6, 6.07) is 0.312. The highest BCUT2D eigenvalue weighted by molar-refractivity contribution is 5.10. The van der Waals surface area contributed by atoms with E-state index in [1.165, 1.54) is 0 Å². The van der Waals surface area contributed by atoms with Gasteiger partial charge in [-0.3, -0.25) is 0 Å². The normalized spacial score (nSPS) is 33.6. The maximum Gasteiger partial charge on any atom is 0.411 e. The fourth-order valence-corrected chi connectivity index (χ4v) is 3.41. The Kier molecular flexibility index (Phi) is 4.42. The number of ether oxygens (including phenoxy) is 2. The van der Waals surface area contributed by atoms with Crippen LogP contribution in [0, 0.1) is 11.3 Å². The summed E-state index contributed by atoms with van der Waals surface area (Å²) in [5, 5.41) is 3.32. The molecular formula is C13H22F3NO2. The Morgan fingerprint density at radius 1 is 1.37 bits per heavy atom. The minimum atomic E-state index is -4.24. The first kappa shape index (κ1) is 15.1. The van der Waals surface area contributed by atoms with Crippen LogP contribution in [0.5, 0.6) is 0 Å². The molecule has 0 aromatic heterocycles. The van der Waals surface area contributed by atoms with Crippen LogP contribution in [0.15, 0.2) is 0 Å². The van der Waals surface area contributed by atoms with Gasteiger partial charge in [-0.2, -0.15) is 13.2 Å². The summed E-state index contributed by atoms with van der Waals surface area (Å²) >= 11 is 0. The van der Waals surface area contributed by atoms with Crippen molar-refractivity contribution in [1.82, 2.24) is 5.32 Å². The molecule has 1 aliphatic heterocycles. The number of halogens is 3. The molecule has 0 spiro atoms. The van der Waals surface area contributed by atoms with Gasteiger partial charge in [-0.25, -0.2) is 0 Å². The second kappa shape index (κ2) is 5.58. The lowest BCUT2D eigenvalue weighted by Crippen LogP contribution is -2.69. The Hall–Kier alpha value is -0.330. The van der Waals surface area contributed by atoms with E-state index in [0.29, 0.717) is 18.5 Å². The monoisotopic (exact) mass is 281 g/mol. The number of hydrogen-bond donors (Lipinski definition) is 1. The largest absolute Gasteiger partial charge is 0.411 e. The quantitative estimate of drug-likeness (QED) is 0.785. The van der Waals surface area contributed by atoms with Gasteiger partial charge in [0.2, 0.25) is 0 Å². The summed E-state index contributed by atoms with van der Waals surface area (Å²) in [4.78, 5) is 0. The zero-order chi connectivity index (χ0) is 14.1. The van der Waals surface area contributed by atoms with E-state index < -0.39 is 12.8 Å². The zero-order valence-corrected chi connectivity index (χ0v) is 11.4. The van der Waals surface area contributed by atoms with Gasteiger partial charge >= 0.3 is 6.18 Å². The van der Waals surface area contributed by atoms with Gasteiger partial charge in [0.05, 0.1) is 12.7 Å². The van der Waals surface area contributed by atoms with Gasteiger partial charge in [-0.05, 0) is 12.8 Å². The highest BCUT2D eigenvalue weighted by atomic mass is 19.4. The molecule has 3 nitrogen and oxygen atoms in total. The fourth-order valence-electron chi connectivity index (χ4n) is 3.41. The third kappa shape index (κ3) is 3.41. The molecule has 1 N–H and O–H groups in total. The van der Waals surface area contributed by atoms with Crippen molar-refractivity contribution in [3.8, 4) is 0 Å². The van der Waals surface area contributed by atoms with E-state index in [1.54, 1.807) is 0 Å². The molecule has 1 saturated heterocycles. The molecule has 112 valence electrons. The lowest BCUT2D eigenvalue weighted by atomic mass is 9.55. The number of rotatable bonds is 5. The number of alkyl halides is 3. The minimum Gasteiger partial charge on any atom is -0.377 e. The van der Waals surface area contributed by atoms with Crippen molar-refractivity contribution in [1.29, 1.82) is 0 Å². The van der Waals surface area contributed by atoms with Gasteiger partial charge in [0.25, 0.3) is 0 Å². The predicted octanol–water partition coefficient (Wildman–Crippen LogP) is 2.36. The summed E-state index contributed by atoms with van der Waals surface area (Å²) in [5.74, 6) is 0.492. The molecule has 2 fully saturated rings. The van der Waals surface area contributed by atoms with Crippen molar-refractivity contribution in [2.75, 3.05) is 26.4 Å². The zero-order valence-electron chi connectivity index (χ0n) is 11.4. The van der Waals surface area contributed by atoms with Crippen LogP contribution in [0.25, 0.3) is 0 Å². The van der Waals surface area contributed by atoms with Crippen molar-refractivity contribution in [3.05, 3.63) is 0 Å². The topological polar surface area (TPSA) is 30.5 Å². The molecule has 0 bridgehead atoms. The molecule has 1 saturated carbocycles. The average molecular weight is 281 g/mol. The van der Waals surface area contributed by atoms with E-state index in [1.807, 2.05) is 0 Å². The SMILES string of the molecule is CC1(C)C(NCCOCC(F)(F)F)C2CCCOC21. The third-order valence-corrected chi connectivity index (χ3v) is 4.21. The summed E-state index contributed by atoms with van der Waals surface area (Å²) in [6.45, 7) is 4.49. The molecule has 1 aliphatic carbocycles. The number of hydrogen-bond acceptors (Lipinski definition) is 3. The Morgan fingerprint density at radius 2 is 2.11 bits per heavy atom. The molecular weight excluding hydrogens is 259 g/mol. The number of nitrogens with one attached hydrogen (secondary N) is 1. The van der Waals surface area contributed by atoms with Crippen LogP contribution in [0.1, 0.15) is 26.7 Å². The van der Waals surface area contributed by atoms with Crippen molar-refractivity contribution in [2.24, 2.45) is 11.3 Å². The molecule has 0 radical (unpaired) electrons. The van der Waals surface area contributed by atoms with E-state index in [2.05, 4.69) is 23.9 Å². The van der Waals surface area contributed by atoms with Crippen molar-refractivity contribution >= 4 is 0 Å². The maximum absolute atomic E-state index is 11.9. The van der Waals surface area contributed by atoms with Gasteiger partial charge in [-0.15, -0.1) is 0 Å². The lowest BCUT2D eigenvalue weighted by Gasteiger charge is -2.60. The summed E-state index contributed by atoms with van der Waals surface area (Å²) in [6.07, 6.45) is -1.75. The average Bonchev–Trinajstić information content (AvgIpc) is 2.32. The summed E-state index contributed by atoms with van der Waals surface area (Å²) in [7, 11) is 0. The minimum absolute atomic E-state index is 0.0507. The molecule has 1 heterocycles. The molecule has 3 unspecified atom stereocenters. The van der Waals surface area contributed by atoms with Gasteiger partial charge in [0.1, 0.15) is 6.61 Å². The van der Waals surface area contributed by atoms with E-state index in [-0.39, 0.29) is 18.1 Å². The second-order valence-corrected chi connectivity index (χ2v) is 6.02. The fraction of sp³-hybridized carbons (Fsp3) is 1.00. The van der Waals surface area contributed by atoms with Crippen molar-refractivity contribution < 1.29 is 22.6 Å². The van der Waals surface area contributed by atoms with Gasteiger partial charge in [-0.1, -0.05) is 13.8 Å². The summed E-state index contributed by atoms with van der Waals surface area (Å²) < 4.78 is 46.1. The molecule has 19 heavy (non-hydrogen) atoms. The van der Waals surface area contributed by atoms with Gasteiger partial charge in [0.15, 0.2) is 0 Å². The number of fused-ring (bicyclic) bond motifs is 1. The second-order valence-electron chi connectivity index (χ2n) is 6.02. The Bertz CT molecular complexity index is 307. The molecule has 0 amide bonds. The molecule has 2 aliphatic rings. The van der Waals surface area contributed by atoms with Gasteiger partial charge < -0.3 is 14.8 Å². The lowest BCUT2D eigenvalue weighted by molar-refractivity contribution is -0.194. The summed E-state index contributed by atoms with van der Waals surface area (Å²) in [5.41, 5.74) is 0.0507. The molecule has 6 heteroatoms. The van der Waals surface area contributed by atoms with Crippen LogP contribution in [0.3, 0.4) is 0 Å². The van der Waals surface area contributed by atoms with Crippen LogP contribution < -0.4 is 5.32 Å². The maximum atomic E-state index is 11.9. The Labute approximate surface area is 111 Å². The Balaban J connectivity index is 1.68. The smallest absolute Gasteiger partial charge is 0.377 e. The highest BCUT2D eigenvalue weighted by Crippen LogP contribution is 2.51. The van der Waals surface area contributed by atoms with Crippen molar-refractivity contribution in [2.45, 2.75) is 45.0 Å². The molecule has 0 aromatic rings. The van der Waals surface area contributed by atoms with Crippen LogP contribution in [-0.4, -0.2) is 44.7 Å². The van der Waals surface area contributed by atoms with Crippen LogP contribution in [-0.2, 0) is 9.47 Å². The highest BCUT2D eigenvalue weighted by Gasteiger charge is 2.57. The van der Waals surface area contributed by atoms with E-state index in [0.717, 1.165) is 19.4 Å². The molecule has 3 atom stereocenters. The standard InChI is InChI=1S/C13H22F3NO2/c1-12(2)10(9-4-3-6-19-11(9)12)17-5-7-18-8-13(14,15)16/h9-11,17H,3-8H2,1-2H3.